The SMILES string of the molecule is COc1ccc(N2CCN(c3ccc(NC(=O)c4ccccc4OC)cc3S(=O)(=O)NC(C)c3ccccc3)CC2)cc1. The van der Waals surface area contributed by atoms with Crippen LogP contribution in [0, 0.1) is 0 Å². The highest BCUT2D eigenvalue weighted by Crippen LogP contribution is 2.32. The lowest BCUT2D eigenvalue weighted by atomic mass is 10.1. The van der Waals surface area contributed by atoms with Gasteiger partial charge in [-0.2, -0.15) is 0 Å². The van der Waals surface area contributed by atoms with E-state index in [2.05, 4.69) is 19.8 Å². The third-order valence-corrected chi connectivity index (χ3v) is 9.12. The molecule has 224 valence electrons. The number of hydrogen-bond donors (Lipinski definition) is 2. The first-order valence-electron chi connectivity index (χ1n) is 14.1. The predicted molar refractivity (Wildman–Crippen MR) is 170 cm³/mol. The minimum Gasteiger partial charge on any atom is -0.497 e. The summed E-state index contributed by atoms with van der Waals surface area (Å²) in [5, 5.41) is 2.85. The molecular weight excluding hydrogens is 564 g/mol. The number of nitrogens with zero attached hydrogens (tertiary/aromatic N) is 2. The molecule has 1 amide bonds. The van der Waals surface area contributed by atoms with Crippen molar-refractivity contribution in [2.75, 3.05) is 55.5 Å². The number of sulfonamides is 1. The van der Waals surface area contributed by atoms with Crippen molar-refractivity contribution in [3.63, 3.8) is 0 Å². The summed E-state index contributed by atoms with van der Waals surface area (Å²) in [6.45, 7) is 4.48. The van der Waals surface area contributed by atoms with Gasteiger partial charge in [0.15, 0.2) is 0 Å². The summed E-state index contributed by atoms with van der Waals surface area (Å²) in [5.41, 5.74) is 3.23. The van der Waals surface area contributed by atoms with Crippen molar-refractivity contribution in [2.45, 2.75) is 17.9 Å². The fourth-order valence-corrected chi connectivity index (χ4v) is 6.69. The summed E-state index contributed by atoms with van der Waals surface area (Å²) < 4.78 is 41.3. The molecule has 1 fully saturated rings. The second kappa shape index (κ2) is 13.2. The average Bonchev–Trinajstić information content (AvgIpc) is 3.05. The Kier molecular flexibility index (Phi) is 9.18. The Bertz CT molecular complexity index is 1650. The zero-order valence-electron chi connectivity index (χ0n) is 24.5. The maximum Gasteiger partial charge on any atom is 0.259 e. The molecule has 10 heteroatoms. The van der Waals surface area contributed by atoms with Crippen LogP contribution in [0.25, 0.3) is 0 Å². The van der Waals surface area contributed by atoms with Crippen molar-refractivity contribution >= 4 is 33.0 Å². The van der Waals surface area contributed by atoms with Crippen LogP contribution in [0.15, 0.2) is 102 Å². The Morgan fingerprint density at radius 1 is 0.791 bits per heavy atom. The molecule has 4 aromatic carbocycles. The minimum absolute atomic E-state index is 0.103. The maximum absolute atomic E-state index is 13.9. The topological polar surface area (TPSA) is 100 Å². The molecule has 1 unspecified atom stereocenters. The van der Waals surface area contributed by atoms with Gasteiger partial charge in [0.25, 0.3) is 5.91 Å². The molecule has 1 heterocycles. The quantitative estimate of drug-likeness (QED) is 0.254. The number of ether oxygens (including phenoxy) is 2. The van der Waals surface area contributed by atoms with E-state index in [0.717, 1.165) is 17.0 Å². The molecule has 0 aromatic heterocycles. The summed E-state index contributed by atoms with van der Waals surface area (Å²) in [4.78, 5) is 17.6. The van der Waals surface area contributed by atoms with Gasteiger partial charge < -0.3 is 24.6 Å². The lowest BCUT2D eigenvalue weighted by Gasteiger charge is -2.38. The molecule has 43 heavy (non-hydrogen) atoms. The van der Waals surface area contributed by atoms with Crippen LogP contribution in [0.2, 0.25) is 0 Å². The van der Waals surface area contributed by atoms with Gasteiger partial charge in [-0.05, 0) is 67.1 Å². The number of anilines is 3. The lowest BCUT2D eigenvalue weighted by molar-refractivity contribution is 0.102. The minimum atomic E-state index is -3.99. The monoisotopic (exact) mass is 600 g/mol. The number of carbonyl (C=O) groups excluding carboxylic acids is 1. The summed E-state index contributed by atoms with van der Waals surface area (Å²) >= 11 is 0. The van der Waals surface area contributed by atoms with Crippen LogP contribution in [-0.2, 0) is 10.0 Å². The van der Waals surface area contributed by atoms with Gasteiger partial charge >= 0.3 is 0 Å². The zero-order chi connectivity index (χ0) is 30.4. The number of methoxy groups -OCH3 is 2. The maximum atomic E-state index is 13.9. The van der Waals surface area contributed by atoms with Crippen molar-refractivity contribution < 1.29 is 22.7 Å². The van der Waals surface area contributed by atoms with E-state index in [9.17, 15) is 13.2 Å². The molecule has 1 aliphatic rings. The van der Waals surface area contributed by atoms with Crippen molar-refractivity contribution in [3.05, 3.63) is 108 Å². The number of rotatable bonds is 10. The van der Waals surface area contributed by atoms with Gasteiger partial charge in [0.2, 0.25) is 10.0 Å². The summed E-state index contributed by atoms with van der Waals surface area (Å²) in [7, 11) is -0.849. The number of carbonyl (C=O) groups is 1. The van der Waals surface area contributed by atoms with Crippen molar-refractivity contribution in [3.8, 4) is 11.5 Å². The molecule has 0 bridgehead atoms. The molecule has 0 aliphatic carbocycles. The molecule has 2 N–H and O–H groups in total. The van der Waals surface area contributed by atoms with Crippen LogP contribution in [0.1, 0.15) is 28.9 Å². The average molecular weight is 601 g/mol. The highest BCUT2D eigenvalue weighted by atomic mass is 32.2. The van der Waals surface area contributed by atoms with Gasteiger partial charge in [-0.25, -0.2) is 13.1 Å². The summed E-state index contributed by atoms with van der Waals surface area (Å²) in [5.74, 6) is 0.831. The highest BCUT2D eigenvalue weighted by molar-refractivity contribution is 7.89. The standard InChI is InChI=1S/C33H36N4O5S/c1-24(25-9-5-4-6-10-25)35-43(39,40)32-23-26(34-33(38)29-11-7-8-12-31(29)42-3)13-18-30(32)37-21-19-36(20-22-37)27-14-16-28(41-2)17-15-27/h4-18,23-24,35H,19-22H2,1-3H3,(H,34,38). The second-order valence-corrected chi connectivity index (χ2v) is 11.9. The molecule has 1 atom stereocenters. The van der Waals surface area contributed by atoms with Crippen LogP contribution in [0.5, 0.6) is 11.5 Å². The number of amides is 1. The van der Waals surface area contributed by atoms with Crippen LogP contribution >= 0.6 is 0 Å². The Balaban J connectivity index is 1.42. The first kappa shape index (κ1) is 29.9. The van der Waals surface area contributed by atoms with Gasteiger partial charge in [0, 0.05) is 43.6 Å². The molecule has 5 rings (SSSR count). The van der Waals surface area contributed by atoms with E-state index in [1.807, 2.05) is 61.5 Å². The first-order valence-corrected chi connectivity index (χ1v) is 15.6. The Hall–Kier alpha value is -4.54. The Morgan fingerprint density at radius 2 is 1.44 bits per heavy atom. The van der Waals surface area contributed by atoms with Crippen molar-refractivity contribution in [1.82, 2.24) is 4.72 Å². The molecule has 0 radical (unpaired) electrons. The highest BCUT2D eigenvalue weighted by Gasteiger charge is 2.27. The number of benzene rings is 4. The molecule has 1 saturated heterocycles. The third-order valence-electron chi connectivity index (χ3n) is 7.55. The van der Waals surface area contributed by atoms with E-state index in [1.54, 1.807) is 43.5 Å². The van der Waals surface area contributed by atoms with E-state index in [4.69, 9.17) is 9.47 Å². The van der Waals surface area contributed by atoms with Crippen molar-refractivity contribution in [1.29, 1.82) is 0 Å². The van der Waals surface area contributed by atoms with E-state index >= 15 is 0 Å². The van der Waals surface area contributed by atoms with Crippen LogP contribution in [0.4, 0.5) is 17.1 Å². The fourth-order valence-electron chi connectivity index (χ4n) is 5.20. The third kappa shape index (κ3) is 6.93. The molecular formula is C33H36N4O5S. The number of piperazine rings is 1. The van der Waals surface area contributed by atoms with Crippen molar-refractivity contribution in [2.24, 2.45) is 0 Å². The Labute approximate surface area is 253 Å². The summed E-state index contributed by atoms with van der Waals surface area (Å²) in [6.07, 6.45) is 0. The molecule has 1 aliphatic heterocycles. The Morgan fingerprint density at radius 3 is 2.12 bits per heavy atom. The zero-order valence-corrected chi connectivity index (χ0v) is 25.3. The van der Waals surface area contributed by atoms with Gasteiger partial charge in [0.05, 0.1) is 25.5 Å². The fraction of sp³-hybridized carbons (Fsp3) is 0.242. The van der Waals surface area contributed by atoms with Gasteiger partial charge in [-0.15, -0.1) is 0 Å². The van der Waals surface area contributed by atoms with E-state index < -0.39 is 22.0 Å². The van der Waals surface area contributed by atoms with Gasteiger partial charge in [0.1, 0.15) is 16.4 Å². The number of hydrogen-bond acceptors (Lipinski definition) is 7. The largest absolute Gasteiger partial charge is 0.497 e. The smallest absolute Gasteiger partial charge is 0.259 e. The molecule has 0 spiro atoms. The van der Waals surface area contributed by atoms with E-state index in [0.29, 0.717) is 48.9 Å². The van der Waals surface area contributed by atoms with E-state index in [-0.39, 0.29) is 4.90 Å². The number of para-hydroxylation sites is 1. The summed E-state index contributed by atoms with van der Waals surface area (Å²) in [6, 6.07) is 28.8. The van der Waals surface area contributed by atoms with Crippen LogP contribution in [0.3, 0.4) is 0 Å². The normalized spacial score (nSPS) is 14.2. The predicted octanol–water partition coefficient (Wildman–Crippen LogP) is 5.32. The molecule has 0 saturated carbocycles. The first-order chi connectivity index (χ1) is 20.8. The number of nitrogens with one attached hydrogen (secondary N) is 2. The van der Waals surface area contributed by atoms with Crippen LogP contribution < -0.4 is 29.3 Å². The van der Waals surface area contributed by atoms with E-state index in [1.165, 1.54) is 13.2 Å². The molecule has 4 aromatic rings. The van der Waals surface area contributed by atoms with Crippen LogP contribution in [-0.4, -0.2) is 54.7 Å². The van der Waals surface area contributed by atoms with Gasteiger partial charge in [-0.1, -0.05) is 42.5 Å². The molecule has 9 nitrogen and oxygen atoms in total. The second-order valence-electron chi connectivity index (χ2n) is 10.3. The van der Waals surface area contributed by atoms with Gasteiger partial charge in [-0.3, -0.25) is 4.79 Å². The lowest BCUT2D eigenvalue weighted by Crippen LogP contribution is -2.47.